The lowest BCUT2D eigenvalue weighted by molar-refractivity contribution is 0.0986. The van der Waals surface area contributed by atoms with E-state index >= 15 is 0 Å². The van der Waals surface area contributed by atoms with Gasteiger partial charge in [0.1, 0.15) is 11.3 Å². The van der Waals surface area contributed by atoms with Crippen LogP contribution in [0.4, 0.5) is 5.13 Å². The van der Waals surface area contributed by atoms with Crippen LogP contribution in [0.1, 0.15) is 30.6 Å². The average molecular weight is 478 g/mol. The first kappa shape index (κ1) is 23.9. The number of fused-ring (bicyclic) bond motifs is 1. The summed E-state index contributed by atoms with van der Waals surface area (Å²) in [6, 6.07) is 11.4. The minimum absolute atomic E-state index is 0.0611. The zero-order valence-electron chi connectivity index (χ0n) is 18.5. The van der Waals surface area contributed by atoms with E-state index in [4.69, 9.17) is 21.3 Å². The predicted molar refractivity (Wildman–Crippen MR) is 133 cm³/mol. The van der Waals surface area contributed by atoms with Crippen LogP contribution in [0.15, 0.2) is 41.3 Å². The number of thioether (sulfide) groups is 1. The number of carbonyl (C=O) groups is 1. The van der Waals surface area contributed by atoms with Crippen molar-refractivity contribution in [1.29, 1.82) is 0 Å². The second-order valence-electron chi connectivity index (χ2n) is 7.73. The van der Waals surface area contributed by atoms with E-state index in [1.54, 1.807) is 35.9 Å². The first-order chi connectivity index (χ1) is 14.8. The second kappa shape index (κ2) is 10.7. The Hall–Kier alpha value is -1.80. The van der Waals surface area contributed by atoms with Crippen LogP contribution in [0, 0.1) is 0 Å². The maximum absolute atomic E-state index is 13.5. The van der Waals surface area contributed by atoms with Gasteiger partial charge in [0.25, 0.3) is 5.91 Å². The Kier molecular flexibility index (Phi) is 8.22. The lowest BCUT2D eigenvalue weighted by Gasteiger charge is -2.21. The van der Waals surface area contributed by atoms with Crippen molar-refractivity contribution in [1.82, 2.24) is 9.88 Å². The number of rotatable bonds is 9. The van der Waals surface area contributed by atoms with Crippen LogP contribution in [0.3, 0.4) is 0 Å². The molecular formula is C23H28ClN3O2S2. The number of hydrogen-bond donors (Lipinski definition) is 0. The fourth-order valence-corrected chi connectivity index (χ4v) is 5.27. The van der Waals surface area contributed by atoms with Gasteiger partial charge >= 0.3 is 0 Å². The van der Waals surface area contributed by atoms with Crippen molar-refractivity contribution in [3.8, 4) is 5.75 Å². The van der Waals surface area contributed by atoms with Gasteiger partial charge in [-0.2, -0.15) is 0 Å². The predicted octanol–water partition coefficient (Wildman–Crippen LogP) is 6.06. The van der Waals surface area contributed by atoms with E-state index in [9.17, 15) is 4.79 Å². The molecule has 0 spiro atoms. The van der Waals surface area contributed by atoms with Crippen LogP contribution in [0.25, 0.3) is 10.2 Å². The van der Waals surface area contributed by atoms with Gasteiger partial charge in [0.15, 0.2) is 5.13 Å². The minimum Gasteiger partial charge on any atom is -0.494 e. The van der Waals surface area contributed by atoms with Crippen LogP contribution in [-0.2, 0) is 0 Å². The molecule has 0 bridgehead atoms. The molecule has 0 fully saturated rings. The van der Waals surface area contributed by atoms with Crippen molar-refractivity contribution in [3.05, 3.63) is 47.0 Å². The lowest BCUT2D eigenvalue weighted by Crippen LogP contribution is -2.33. The molecule has 0 radical (unpaired) electrons. The summed E-state index contributed by atoms with van der Waals surface area (Å²) in [5.74, 6) is 0.589. The maximum Gasteiger partial charge on any atom is 0.260 e. The van der Waals surface area contributed by atoms with E-state index in [2.05, 4.69) is 18.7 Å². The Labute approximate surface area is 197 Å². The number of carbonyl (C=O) groups excluding carboxylic acids is 1. The topological polar surface area (TPSA) is 45.7 Å². The summed E-state index contributed by atoms with van der Waals surface area (Å²) in [6.07, 6.45) is 0.834. The van der Waals surface area contributed by atoms with Crippen molar-refractivity contribution >= 4 is 56.0 Å². The third kappa shape index (κ3) is 5.92. The first-order valence-corrected chi connectivity index (χ1v) is 12.2. The summed E-state index contributed by atoms with van der Waals surface area (Å²) < 4.78 is 6.28. The number of nitrogens with zero attached hydrogens (tertiary/aromatic N) is 3. The molecule has 0 unspecified atom stereocenters. The molecule has 5 nitrogen and oxygen atoms in total. The molecule has 0 saturated heterocycles. The Morgan fingerprint density at radius 2 is 1.87 bits per heavy atom. The number of benzene rings is 2. The molecule has 2 aromatic carbocycles. The van der Waals surface area contributed by atoms with Gasteiger partial charge in [-0.15, -0.1) is 11.8 Å². The molecule has 1 amide bonds. The number of anilines is 1. The smallest absolute Gasteiger partial charge is 0.260 e. The van der Waals surface area contributed by atoms with E-state index in [1.165, 1.54) is 11.3 Å². The van der Waals surface area contributed by atoms with Gasteiger partial charge in [0.05, 0.1) is 16.8 Å². The monoisotopic (exact) mass is 477 g/mol. The van der Waals surface area contributed by atoms with Gasteiger partial charge in [0, 0.05) is 22.3 Å². The summed E-state index contributed by atoms with van der Waals surface area (Å²) in [4.78, 5) is 23.2. The molecule has 31 heavy (non-hydrogen) atoms. The fourth-order valence-electron chi connectivity index (χ4n) is 3.15. The third-order valence-electron chi connectivity index (χ3n) is 4.60. The summed E-state index contributed by atoms with van der Waals surface area (Å²) in [6.45, 7) is 5.76. The number of halogens is 1. The van der Waals surface area contributed by atoms with E-state index < -0.39 is 0 Å². The summed E-state index contributed by atoms with van der Waals surface area (Å²) in [5, 5.41) is 1.73. The third-order valence-corrected chi connectivity index (χ3v) is 7.16. The molecule has 0 N–H and O–H groups in total. The number of hydrogen-bond acceptors (Lipinski definition) is 6. The van der Waals surface area contributed by atoms with Crippen molar-refractivity contribution in [3.63, 3.8) is 0 Å². The molecule has 3 aromatic rings. The molecule has 0 atom stereocenters. The maximum atomic E-state index is 13.5. The number of ether oxygens (including phenoxy) is 1. The Morgan fingerprint density at radius 3 is 2.48 bits per heavy atom. The Bertz CT molecular complexity index is 1040. The van der Waals surface area contributed by atoms with Gasteiger partial charge in [-0.05, 0) is 63.5 Å². The van der Waals surface area contributed by atoms with Crippen molar-refractivity contribution < 1.29 is 9.53 Å². The van der Waals surface area contributed by atoms with Gasteiger partial charge in [-0.1, -0.05) is 36.8 Å². The van der Waals surface area contributed by atoms with Gasteiger partial charge in [-0.3, -0.25) is 9.69 Å². The zero-order valence-corrected chi connectivity index (χ0v) is 20.9. The van der Waals surface area contributed by atoms with Crippen LogP contribution in [0.2, 0.25) is 5.02 Å². The number of thiazole rings is 1. The molecule has 166 valence electrons. The standard InChI is InChI=1S/C23H28ClN3O2S2/c1-15(2)30-17-9-7-16(8-10-17)22(28)27(14-6-13-26(3)4)23-25-20-19(29-5)12-11-18(24)21(20)31-23/h7-12,15H,6,13-14H2,1-5H3. The molecule has 0 aliphatic heterocycles. The van der Waals surface area contributed by atoms with Crippen molar-refractivity contribution in [2.45, 2.75) is 30.4 Å². The van der Waals surface area contributed by atoms with Gasteiger partial charge in [0.2, 0.25) is 0 Å². The molecule has 1 heterocycles. The van der Waals surface area contributed by atoms with Crippen molar-refractivity contribution in [2.75, 3.05) is 39.2 Å². The highest BCUT2D eigenvalue weighted by atomic mass is 35.5. The van der Waals surface area contributed by atoms with Crippen LogP contribution in [0.5, 0.6) is 5.75 Å². The van der Waals surface area contributed by atoms with Crippen molar-refractivity contribution in [2.24, 2.45) is 0 Å². The molecule has 8 heteroatoms. The van der Waals surface area contributed by atoms with E-state index in [0.29, 0.717) is 38.8 Å². The molecule has 0 saturated carbocycles. The molecule has 0 aliphatic rings. The Morgan fingerprint density at radius 1 is 1.16 bits per heavy atom. The van der Waals surface area contributed by atoms with E-state index in [0.717, 1.165) is 22.6 Å². The van der Waals surface area contributed by atoms with Gasteiger partial charge in [-0.25, -0.2) is 4.98 Å². The highest BCUT2D eigenvalue weighted by Crippen LogP contribution is 2.39. The first-order valence-electron chi connectivity index (χ1n) is 10.2. The van der Waals surface area contributed by atoms with E-state index in [1.807, 2.05) is 38.4 Å². The fraction of sp³-hybridized carbons (Fsp3) is 0.391. The molecular weight excluding hydrogens is 450 g/mol. The highest BCUT2D eigenvalue weighted by Gasteiger charge is 2.23. The average Bonchev–Trinajstić information content (AvgIpc) is 3.17. The number of aromatic nitrogens is 1. The Balaban J connectivity index is 1.95. The summed E-state index contributed by atoms with van der Waals surface area (Å²) in [5.41, 5.74) is 1.33. The zero-order chi connectivity index (χ0) is 22.5. The summed E-state index contributed by atoms with van der Waals surface area (Å²) >= 11 is 9.61. The SMILES string of the molecule is COc1ccc(Cl)c2sc(N(CCCN(C)C)C(=O)c3ccc(SC(C)C)cc3)nc12. The van der Waals surface area contributed by atoms with E-state index in [-0.39, 0.29) is 5.91 Å². The quantitative estimate of drug-likeness (QED) is 0.350. The largest absolute Gasteiger partial charge is 0.494 e. The van der Waals surface area contributed by atoms with Crippen LogP contribution >= 0.6 is 34.7 Å². The molecule has 1 aromatic heterocycles. The number of amides is 1. The van der Waals surface area contributed by atoms with Crippen LogP contribution < -0.4 is 9.64 Å². The highest BCUT2D eigenvalue weighted by molar-refractivity contribution is 7.99. The minimum atomic E-state index is -0.0611. The van der Waals surface area contributed by atoms with Crippen LogP contribution in [-0.4, -0.2) is 55.3 Å². The summed E-state index contributed by atoms with van der Waals surface area (Å²) in [7, 11) is 5.66. The molecule has 0 aliphatic carbocycles. The second-order valence-corrected chi connectivity index (χ2v) is 10.8. The normalized spacial score (nSPS) is 11.5. The lowest BCUT2D eigenvalue weighted by atomic mass is 10.2. The van der Waals surface area contributed by atoms with Gasteiger partial charge < -0.3 is 9.64 Å². The number of methoxy groups -OCH3 is 1. The molecule has 3 rings (SSSR count).